The first-order chi connectivity index (χ1) is 8.08. The van der Waals surface area contributed by atoms with Crippen LogP contribution in [0.4, 0.5) is 0 Å². The Morgan fingerprint density at radius 1 is 1.24 bits per heavy atom. The number of rotatable bonds is 3. The molecule has 2 rings (SSSR count). The van der Waals surface area contributed by atoms with E-state index < -0.39 is 0 Å². The molecular formula is C13H24N4. The number of piperazine rings is 1. The van der Waals surface area contributed by atoms with Crippen molar-refractivity contribution in [3.63, 3.8) is 0 Å². The lowest BCUT2D eigenvalue weighted by Gasteiger charge is -2.32. The molecule has 0 unspecified atom stereocenters. The maximum Gasteiger partial charge on any atom is 0.105 e. The van der Waals surface area contributed by atoms with E-state index in [9.17, 15) is 0 Å². The van der Waals surface area contributed by atoms with Gasteiger partial charge in [0.2, 0.25) is 0 Å². The summed E-state index contributed by atoms with van der Waals surface area (Å²) in [5.74, 6) is 1.13. The zero-order valence-electron chi connectivity index (χ0n) is 11.5. The van der Waals surface area contributed by atoms with Crippen molar-refractivity contribution >= 4 is 0 Å². The average molecular weight is 236 g/mol. The summed E-state index contributed by atoms with van der Waals surface area (Å²) >= 11 is 0. The van der Waals surface area contributed by atoms with Gasteiger partial charge in [-0.1, -0.05) is 0 Å². The molecule has 17 heavy (non-hydrogen) atoms. The van der Waals surface area contributed by atoms with Gasteiger partial charge in [-0.05, 0) is 27.8 Å². The third kappa shape index (κ3) is 2.87. The first-order valence-corrected chi connectivity index (χ1v) is 6.51. The van der Waals surface area contributed by atoms with Crippen molar-refractivity contribution in [3.05, 3.63) is 17.7 Å². The monoisotopic (exact) mass is 236 g/mol. The molecule has 4 nitrogen and oxygen atoms in total. The summed E-state index contributed by atoms with van der Waals surface area (Å²) in [4.78, 5) is 9.36. The van der Waals surface area contributed by atoms with Crippen LogP contribution in [0.2, 0.25) is 0 Å². The lowest BCUT2D eigenvalue weighted by Crippen LogP contribution is -2.44. The van der Waals surface area contributed by atoms with E-state index in [2.05, 4.69) is 47.2 Å². The Kier molecular flexibility index (Phi) is 3.84. The smallest absolute Gasteiger partial charge is 0.105 e. The molecule has 1 aliphatic heterocycles. The number of hydrogen-bond acceptors (Lipinski definition) is 3. The molecule has 0 saturated carbocycles. The van der Waals surface area contributed by atoms with Gasteiger partial charge in [0.25, 0.3) is 0 Å². The van der Waals surface area contributed by atoms with Gasteiger partial charge in [0.15, 0.2) is 0 Å². The van der Waals surface area contributed by atoms with Crippen molar-refractivity contribution in [2.45, 2.75) is 33.4 Å². The highest BCUT2D eigenvalue weighted by molar-refractivity contribution is 5.06. The second kappa shape index (κ2) is 5.19. The fraction of sp³-hybridized carbons (Fsp3) is 0.769. The van der Waals surface area contributed by atoms with E-state index >= 15 is 0 Å². The molecule has 1 aliphatic rings. The molecule has 4 heteroatoms. The molecule has 1 fully saturated rings. The maximum atomic E-state index is 4.44. The first-order valence-electron chi connectivity index (χ1n) is 6.51. The van der Waals surface area contributed by atoms with Crippen LogP contribution in [0.25, 0.3) is 0 Å². The van der Waals surface area contributed by atoms with Crippen molar-refractivity contribution in [1.29, 1.82) is 0 Å². The van der Waals surface area contributed by atoms with Gasteiger partial charge in [-0.3, -0.25) is 4.90 Å². The number of hydrogen-bond donors (Lipinski definition) is 0. The number of nitrogens with zero attached hydrogens (tertiary/aromatic N) is 4. The first kappa shape index (κ1) is 12.6. The molecule has 96 valence electrons. The minimum Gasteiger partial charge on any atom is -0.329 e. The molecule has 0 aliphatic carbocycles. The van der Waals surface area contributed by atoms with Gasteiger partial charge in [0, 0.05) is 45.0 Å². The highest BCUT2D eigenvalue weighted by Crippen LogP contribution is 2.15. The highest BCUT2D eigenvalue weighted by atomic mass is 15.3. The Bertz CT molecular complexity index is 361. The van der Waals surface area contributed by atoms with Crippen LogP contribution in [-0.2, 0) is 6.54 Å². The third-order valence-corrected chi connectivity index (χ3v) is 3.56. The fourth-order valence-corrected chi connectivity index (χ4v) is 2.56. The largest absolute Gasteiger partial charge is 0.329 e. The SMILES string of the molecule is Cc1ncc(CN2CCN(C)CC2)n1C(C)C. The second-order valence-electron chi connectivity index (χ2n) is 5.34. The van der Waals surface area contributed by atoms with E-state index in [0.717, 1.165) is 12.4 Å². The zero-order valence-corrected chi connectivity index (χ0v) is 11.5. The van der Waals surface area contributed by atoms with E-state index in [4.69, 9.17) is 0 Å². The number of likely N-dealkylation sites (N-methyl/N-ethyl adjacent to an activating group) is 1. The Morgan fingerprint density at radius 2 is 1.88 bits per heavy atom. The molecule has 0 bridgehead atoms. The molecule has 1 aromatic heterocycles. The summed E-state index contributed by atoms with van der Waals surface area (Å²) in [5, 5.41) is 0. The van der Waals surface area contributed by atoms with Crippen LogP contribution in [0.3, 0.4) is 0 Å². The normalized spacial score (nSPS) is 19.1. The molecule has 0 spiro atoms. The zero-order chi connectivity index (χ0) is 12.4. The average Bonchev–Trinajstić information content (AvgIpc) is 2.63. The molecule has 0 radical (unpaired) electrons. The maximum absolute atomic E-state index is 4.44. The summed E-state index contributed by atoms with van der Waals surface area (Å²) < 4.78 is 2.35. The molecule has 2 heterocycles. The van der Waals surface area contributed by atoms with Gasteiger partial charge >= 0.3 is 0 Å². The topological polar surface area (TPSA) is 24.3 Å². The third-order valence-electron chi connectivity index (χ3n) is 3.56. The Morgan fingerprint density at radius 3 is 2.47 bits per heavy atom. The van der Waals surface area contributed by atoms with E-state index in [-0.39, 0.29) is 0 Å². The molecule has 1 aromatic rings. The van der Waals surface area contributed by atoms with Crippen LogP contribution in [0.15, 0.2) is 6.20 Å². The minimum atomic E-state index is 0.500. The van der Waals surface area contributed by atoms with Gasteiger partial charge in [-0.25, -0.2) is 4.98 Å². The number of aromatic nitrogens is 2. The van der Waals surface area contributed by atoms with E-state index in [1.54, 1.807) is 0 Å². The second-order valence-corrected chi connectivity index (χ2v) is 5.34. The Hall–Kier alpha value is -0.870. The number of aryl methyl sites for hydroxylation is 1. The quantitative estimate of drug-likeness (QED) is 0.795. The standard InChI is InChI=1S/C13H24N4/c1-11(2)17-12(3)14-9-13(17)10-16-7-5-15(4)6-8-16/h9,11H,5-8,10H2,1-4H3. The summed E-state index contributed by atoms with van der Waals surface area (Å²) in [5.41, 5.74) is 1.35. The summed E-state index contributed by atoms with van der Waals surface area (Å²) in [7, 11) is 2.19. The Labute approximate surface area is 104 Å². The van der Waals surface area contributed by atoms with Gasteiger partial charge < -0.3 is 9.47 Å². The predicted octanol–water partition coefficient (Wildman–Crippen LogP) is 1.52. The molecule has 0 N–H and O–H groups in total. The summed E-state index contributed by atoms with van der Waals surface area (Å²) in [6.07, 6.45) is 2.04. The molecule has 0 aromatic carbocycles. The molecular weight excluding hydrogens is 212 g/mol. The van der Waals surface area contributed by atoms with Crippen LogP contribution in [-0.4, -0.2) is 52.6 Å². The predicted molar refractivity (Wildman–Crippen MR) is 70.1 cm³/mol. The molecule has 1 saturated heterocycles. The lowest BCUT2D eigenvalue weighted by atomic mass is 10.3. The van der Waals surface area contributed by atoms with Crippen LogP contribution in [0.1, 0.15) is 31.4 Å². The van der Waals surface area contributed by atoms with Gasteiger partial charge in [-0.2, -0.15) is 0 Å². The van der Waals surface area contributed by atoms with Crippen LogP contribution in [0.5, 0.6) is 0 Å². The summed E-state index contributed by atoms with van der Waals surface area (Å²) in [6, 6.07) is 0.500. The number of imidazole rings is 1. The van der Waals surface area contributed by atoms with Crippen LogP contribution >= 0.6 is 0 Å². The van der Waals surface area contributed by atoms with E-state index in [1.807, 2.05) is 6.20 Å². The van der Waals surface area contributed by atoms with Crippen molar-refractivity contribution in [2.75, 3.05) is 33.2 Å². The van der Waals surface area contributed by atoms with Gasteiger partial charge in [-0.15, -0.1) is 0 Å². The Balaban J connectivity index is 2.03. The molecule has 0 amide bonds. The summed E-state index contributed by atoms with van der Waals surface area (Å²) in [6.45, 7) is 12.3. The van der Waals surface area contributed by atoms with Gasteiger partial charge in [0.1, 0.15) is 5.82 Å². The van der Waals surface area contributed by atoms with E-state index in [0.29, 0.717) is 6.04 Å². The van der Waals surface area contributed by atoms with Crippen molar-refractivity contribution < 1.29 is 0 Å². The van der Waals surface area contributed by atoms with Crippen molar-refractivity contribution in [1.82, 2.24) is 19.4 Å². The van der Waals surface area contributed by atoms with Crippen molar-refractivity contribution in [2.24, 2.45) is 0 Å². The van der Waals surface area contributed by atoms with E-state index in [1.165, 1.54) is 31.9 Å². The van der Waals surface area contributed by atoms with Crippen LogP contribution in [0, 0.1) is 6.92 Å². The minimum absolute atomic E-state index is 0.500. The van der Waals surface area contributed by atoms with Crippen molar-refractivity contribution in [3.8, 4) is 0 Å². The highest BCUT2D eigenvalue weighted by Gasteiger charge is 2.17. The lowest BCUT2D eigenvalue weighted by molar-refractivity contribution is 0.145. The van der Waals surface area contributed by atoms with Gasteiger partial charge in [0.05, 0.1) is 5.69 Å². The fourth-order valence-electron chi connectivity index (χ4n) is 2.56. The molecule has 0 atom stereocenters. The van der Waals surface area contributed by atoms with Crippen LogP contribution < -0.4 is 0 Å².